The van der Waals surface area contributed by atoms with Gasteiger partial charge in [-0.15, -0.1) is 0 Å². The van der Waals surface area contributed by atoms with Gasteiger partial charge in [0.25, 0.3) is 0 Å². The fourth-order valence-corrected chi connectivity index (χ4v) is 2.11. The van der Waals surface area contributed by atoms with Crippen LogP contribution in [0, 0.1) is 0 Å². The van der Waals surface area contributed by atoms with Crippen LogP contribution in [0.2, 0.25) is 0 Å². The second-order valence-corrected chi connectivity index (χ2v) is 4.91. The summed E-state index contributed by atoms with van der Waals surface area (Å²) in [6.45, 7) is 1.91. The van der Waals surface area contributed by atoms with Crippen LogP contribution < -0.4 is 15.8 Å². The van der Waals surface area contributed by atoms with Gasteiger partial charge in [-0.05, 0) is 37.9 Å². The van der Waals surface area contributed by atoms with Crippen LogP contribution in [0.3, 0.4) is 0 Å². The van der Waals surface area contributed by atoms with E-state index in [1.807, 2.05) is 24.3 Å². The van der Waals surface area contributed by atoms with Gasteiger partial charge in [0, 0.05) is 24.8 Å². The van der Waals surface area contributed by atoms with Gasteiger partial charge in [0.1, 0.15) is 12.4 Å². The third-order valence-corrected chi connectivity index (χ3v) is 3.19. The quantitative estimate of drug-likeness (QED) is 0.799. The summed E-state index contributed by atoms with van der Waals surface area (Å²) in [4.78, 5) is 11.6. The summed E-state index contributed by atoms with van der Waals surface area (Å²) >= 11 is 0. The number of ether oxygens (including phenoxy) is 2. The normalized spacial score (nSPS) is 17.9. The molecule has 0 bridgehead atoms. The second kappa shape index (κ2) is 7.87. The van der Waals surface area contributed by atoms with E-state index >= 15 is 0 Å². The number of benzene rings is 1. The highest BCUT2D eigenvalue weighted by atomic mass is 16.5. The van der Waals surface area contributed by atoms with Crippen LogP contribution in [-0.4, -0.2) is 31.8 Å². The van der Waals surface area contributed by atoms with E-state index in [1.54, 1.807) is 0 Å². The molecule has 0 aliphatic carbocycles. The van der Waals surface area contributed by atoms with Gasteiger partial charge >= 0.3 is 0 Å². The number of hydrogen-bond acceptors (Lipinski definition) is 4. The van der Waals surface area contributed by atoms with Crippen molar-refractivity contribution in [2.45, 2.75) is 31.8 Å². The number of anilines is 1. The third-order valence-electron chi connectivity index (χ3n) is 3.19. The van der Waals surface area contributed by atoms with Crippen molar-refractivity contribution in [2.24, 2.45) is 5.73 Å². The Bertz CT molecular complexity index is 431. The maximum absolute atomic E-state index is 11.6. The lowest BCUT2D eigenvalue weighted by molar-refractivity contribution is -0.116. The fourth-order valence-electron chi connectivity index (χ4n) is 2.11. The minimum Gasteiger partial charge on any atom is -0.491 e. The number of hydrogen-bond donors (Lipinski definition) is 2. The van der Waals surface area contributed by atoms with E-state index in [-0.39, 0.29) is 12.0 Å². The number of carbonyl (C=O) groups is 1. The Hall–Kier alpha value is -1.59. The summed E-state index contributed by atoms with van der Waals surface area (Å²) in [6.07, 6.45) is 3.48. The fraction of sp³-hybridized carbons (Fsp3) is 0.533. The number of nitrogens with one attached hydrogen (secondary N) is 1. The van der Waals surface area contributed by atoms with Gasteiger partial charge < -0.3 is 20.5 Å². The first-order valence-corrected chi connectivity index (χ1v) is 7.12. The van der Waals surface area contributed by atoms with Gasteiger partial charge in [-0.25, -0.2) is 0 Å². The van der Waals surface area contributed by atoms with Gasteiger partial charge in [0.05, 0.1) is 6.10 Å². The standard InChI is InChI=1S/C15H22N2O3/c16-8-2-7-15(18)17-12-4-1-5-13(10-12)20-11-14-6-3-9-19-14/h1,4-5,10,14H,2-3,6-9,11,16H2,(H,17,18). The maximum Gasteiger partial charge on any atom is 0.224 e. The minimum atomic E-state index is -0.0215. The average Bonchev–Trinajstić information content (AvgIpc) is 2.97. The summed E-state index contributed by atoms with van der Waals surface area (Å²) < 4.78 is 11.2. The molecule has 1 atom stereocenters. The molecule has 1 saturated heterocycles. The number of nitrogens with two attached hydrogens (primary N) is 1. The van der Waals surface area contributed by atoms with Crippen LogP contribution in [0.4, 0.5) is 5.69 Å². The molecule has 0 radical (unpaired) electrons. The Morgan fingerprint density at radius 1 is 1.50 bits per heavy atom. The van der Waals surface area contributed by atoms with Crippen LogP contribution in [0.25, 0.3) is 0 Å². The zero-order chi connectivity index (χ0) is 14.2. The Morgan fingerprint density at radius 2 is 2.40 bits per heavy atom. The summed E-state index contributed by atoms with van der Waals surface area (Å²) in [5, 5.41) is 2.84. The molecule has 1 heterocycles. The topological polar surface area (TPSA) is 73.6 Å². The molecule has 3 N–H and O–H groups in total. The van der Waals surface area contributed by atoms with Crippen LogP contribution in [0.5, 0.6) is 5.75 Å². The molecule has 0 spiro atoms. The maximum atomic E-state index is 11.6. The molecule has 5 heteroatoms. The van der Waals surface area contributed by atoms with Crippen molar-refractivity contribution in [2.75, 3.05) is 25.1 Å². The first-order chi connectivity index (χ1) is 9.78. The molecule has 0 saturated carbocycles. The zero-order valence-corrected chi connectivity index (χ0v) is 11.6. The van der Waals surface area contributed by atoms with Gasteiger partial charge in [0.15, 0.2) is 0 Å². The molecule has 1 fully saturated rings. The summed E-state index contributed by atoms with van der Waals surface area (Å²) in [5.74, 6) is 0.726. The lowest BCUT2D eigenvalue weighted by Crippen LogP contribution is -2.16. The van der Waals surface area contributed by atoms with Crippen molar-refractivity contribution < 1.29 is 14.3 Å². The molecule has 2 rings (SSSR count). The van der Waals surface area contributed by atoms with E-state index < -0.39 is 0 Å². The summed E-state index contributed by atoms with van der Waals surface area (Å²) in [5.41, 5.74) is 6.13. The molecular weight excluding hydrogens is 256 g/mol. The lowest BCUT2D eigenvalue weighted by Gasteiger charge is -2.12. The smallest absolute Gasteiger partial charge is 0.224 e. The van der Waals surface area contributed by atoms with Crippen molar-refractivity contribution in [1.82, 2.24) is 0 Å². The van der Waals surface area contributed by atoms with Gasteiger partial charge in [-0.1, -0.05) is 6.07 Å². The van der Waals surface area contributed by atoms with E-state index in [1.165, 1.54) is 0 Å². The monoisotopic (exact) mass is 278 g/mol. The van der Waals surface area contributed by atoms with E-state index in [9.17, 15) is 4.79 Å². The minimum absolute atomic E-state index is 0.0215. The zero-order valence-electron chi connectivity index (χ0n) is 11.6. The molecule has 0 aromatic heterocycles. The predicted octanol–water partition coefficient (Wildman–Crippen LogP) is 1.92. The highest BCUT2D eigenvalue weighted by Crippen LogP contribution is 2.19. The summed E-state index contributed by atoms with van der Waals surface area (Å²) in [7, 11) is 0. The molecular formula is C15H22N2O3. The number of rotatable bonds is 7. The van der Waals surface area contributed by atoms with E-state index in [2.05, 4.69) is 5.32 Å². The average molecular weight is 278 g/mol. The molecule has 1 aliphatic rings. The van der Waals surface area contributed by atoms with Gasteiger partial charge in [0.2, 0.25) is 5.91 Å². The van der Waals surface area contributed by atoms with Crippen LogP contribution >= 0.6 is 0 Å². The Morgan fingerprint density at radius 3 is 3.15 bits per heavy atom. The molecule has 1 amide bonds. The van der Waals surface area contributed by atoms with Gasteiger partial charge in [-0.2, -0.15) is 0 Å². The molecule has 1 aromatic carbocycles. The van der Waals surface area contributed by atoms with Gasteiger partial charge in [-0.3, -0.25) is 4.79 Å². The van der Waals surface area contributed by atoms with Crippen molar-refractivity contribution >= 4 is 11.6 Å². The first-order valence-electron chi connectivity index (χ1n) is 7.12. The largest absolute Gasteiger partial charge is 0.491 e. The SMILES string of the molecule is NCCCC(=O)Nc1cccc(OCC2CCCO2)c1. The first kappa shape index (κ1) is 14.8. The number of carbonyl (C=O) groups excluding carboxylic acids is 1. The van der Waals surface area contributed by atoms with E-state index in [4.69, 9.17) is 15.2 Å². The molecule has 20 heavy (non-hydrogen) atoms. The molecule has 1 aliphatic heterocycles. The highest BCUT2D eigenvalue weighted by molar-refractivity contribution is 5.90. The van der Waals surface area contributed by atoms with Crippen molar-refractivity contribution in [3.63, 3.8) is 0 Å². The third kappa shape index (κ3) is 4.83. The lowest BCUT2D eigenvalue weighted by atomic mass is 10.2. The summed E-state index contributed by atoms with van der Waals surface area (Å²) in [6, 6.07) is 7.42. The van der Waals surface area contributed by atoms with Crippen LogP contribution in [0.15, 0.2) is 24.3 Å². The Kier molecular flexibility index (Phi) is 5.83. The Balaban J connectivity index is 1.82. The molecule has 110 valence electrons. The Labute approximate surface area is 119 Å². The van der Waals surface area contributed by atoms with Crippen molar-refractivity contribution in [3.05, 3.63) is 24.3 Å². The van der Waals surface area contributed by atoms with Crippen molar-refractivity contribution in [3.8, 4) is 5.75 Å². The van der Waals surface area contributed by atoms with Crippen LogP contribution in [0.1, 0.15) is 25.7 Å². The highest BCUT2D eigenvalue weighted by Gasteiger charge is 2.16. The number of amides is 1. The predicted molar refractivity (Wildman–Crippen MR) is 77.8 cm³/mol. The van der Waals surface area contributed by atoms with E-state index in [0.717, 1.165) is 30.9 Å². The second-order valence-electron chi connectivity index (χ2n) is 4.91. The van der Waals surface area contributed by atoms with Crippen molar-refractivity contribution in [1.29, 1.82) is 0 Å². The van der Waals surface area contributed by atoms with E-state index in [0.29, 0.717) is 26.0 Å². The molecule has 5 nitrogen and oxygen atoms in total. The van der Waals surface area contributed by atoms with Crippen LogP contribution in [-0.2, 0) is 9.53 Å². The molecule has 1 unspecified atom stereocenters. The molecule has 1 aromatic rings.